The topological polar surface area (TPSA) is 34.1 Å². The molecule has 1 atom stereocenters. The van der Waals surface area contributed by atoms with Gasteiger partial charge in [-0.3, -0.25) is 0 Å². The van der Waals surface area contributed by atoms with Gasteiger partial charge in [-0.1, -0.05) is 6.92 Å². The van der Waals surface area contributed by atoms with E-state index in [-0.39, 0.29) is 6.10 Å². The van der Waals surface area contributed by atoms with Crippen LogP contribution in [0, 0.1) is 0 Å². The van der Waals surface area contributed by atoms with E-state index in [1.54, 1.807) is 11.3 Å². The highest BCUT2D eigenvalue weighted by atomic mass is 32.1. The molecule has 4 heteroatoms. The highest BCUT2D eigenvalue weighted by Gasteiger charge is 2.20. The van der Waals surface area contributed by atoms with Gasteiger partial charge in [0.15, 0.2) is 0 Å². The van der Waals surface area contributed by atoms with Gasteiger partial charge in [-0.25, -0.2) is 4.98 Å². The van der Waals surface area contributed by atoms with Crippen molar-refractivity contribution in [1.82, 2.24) is 10.3 Å². The molecule has 0 radical (unpaired) electrons. The molecule has 1 unspecified atom stereocenters. The van der Waals surface area contributed by atoms with Gasteiger partial charge in [0.2, 0.25) is 0 Å². The second-order valence-corrected chi connectivity index (χ2v) is 4.75. The lowest BCUT2D eigenvalue weighted by molar-refractivity contribution is 0.111. The first-order chi connectivity index (χ1) is 7.40. The molecule has 15 heavy (non-hydrogen) atoms. The molecule has 0 spiro atoms. The smallest absolute Gasteiger partial charge is 0.122 e. The van der Waals surface area contributed by atoms with E-state index in [9.17, 15) is 0 Å². The highest BCUT2D eigenvalue weighted by molar-refractivity contribution is 7.09. The summed E-state index contributed by atoms with van der Waals surface area (Å²) < 4.78 is 5.61. The first-order valence-electron chi connectivity index (χ1n) is 5.66. The number of nitrogens with one attached hydrogen (secondary N) is 1. The first-order valence-corrected chi connectivity index (χ1v) is 6.54. The van der Waals surface area contributed by atoms with E-state index in [1.165, 1.54) is 12.8 Å². The summed E-state index contributed by atoms with van der Waals surface area (Å²) in [5.74, 6) is 0. The third-order valence-corrected chi connectivity index (χ3v) is 3.49. The number of hydrogen-bond acceptors (Lipinski definition) is 4. The molecular weight excluding hydrogens is 208 g/mol. The summed E-state index contributed by atoms with van der Waals surface area (Å²) in [5.41, 5.74) is 1.15. The molecule has 1 N–H and O–H groups in total. The van der Waals surface area contributed by atoms with Crippen molar-refractivity contribution in [3.05, 3.63) is 16.1 Å². The molecule has 1 aromatic heterocycles. The third kappa shape index (κ3) is 3.00. The van der Waals surface area contributed by atoms with Gasteiger partial charge in [0, 0.05) is 18.5 Å². The van der Waals surface area contributed by atoms with E-state index in [0.29, 0.717) is 0 Å². The fourth-order valence-corrected chi connectivity index (χ4v) is 2.62. The molecule has 2 heterocycles. The summed E-state index contributed by atoms with van der Waals surface area (Å²) in [6.07, 6.45) is 3.75. The summed E-state index contributed by atoms with van der Waals surface area (Å²) in [6, 6.07) is 0. The molecular formula is C11H18N2OS. The lowest BCUT2D eigenvalue weighted by Crippen LogP contribution is -2.14. The molecule has 0 bridgehead atoms. The van der Waals surface area contributed by atoms with Gasteiger partial charge < -0.3 is 10.1 Å². The van der Waals surface area contributed by atoms with E-state index in [4.69, 9.17) is 4.74 Å². The molecule has 84 valence electrons. The van der Waals surface area contributed by atoms with Crippen molar-refractivity contribution in [3.8, 4) is 0 Å². The Morgan fingerprint density at radius 2 is 2.60 bits per heavy atom. The first kappa shape index (κ1) is 11.0. The quantitative estimate of drug-likeness (QED) is 0.783. The second kappa shape index (κ2) is 5.58. The van der Waals surface area contributed by atoms with Gasteiger partial charge in [-0.15, -0.1) is 11.3 Å². The van der Waals surface area contributed by atoms with E-state index >= 15 is 0 Å². The molecule has 0 saturated carbocycles. The third-order valence-electron chi connectivity index (χ3n) is 2.51. The van der Waals surface area contributed by atoms with E-state index in [2.05, 4.69) is 22.6 Å². The van der Waals surface area contributed by atoms with Crippen molar-refractivity contribution in [2.24, 2.45) is 0 Å². The van der Waals surface area contributed by atoms with Crippen LogP contribution in [-0.4, -0.2) is 18.1 Å². The Kier molecular flexibility index (Phi) is 4.11. The lowest BCUT2D eigenvalue weighted by atomic mass is 10.2. The molecule has 1 saturated heterocycles. The minimum atomic E-state index is 0.273. The van der Waals surface area contributed by atoms with Crippen molar-refractivity contribution in [3.63, 3.8) is 0 Å². The van der Waals surface area contributed by atoms with Crippen LogP contribution in [0.15, 0.2) is 5.38 Å². The number of hydrogen-bond donors (Lipinski definition) is 1. The van der Waals surface area contributed by atoms with Crippen molar-refractivity contribution < 1.29 is 4.74 Å². The van der Waals surface area contributed by atoms with Crippen LogP contribution in [-0.2, 0) is 11.3 Å². The fourth-order valence-electron chi connectivity index (χ4n) is 1.72. The minimum absolute atomic E-state index is 0.273. The number of nitrogens with zero attached hydrogens (tertiary/aromatic N) is 1. The van der Waals surface area contributed by atoms with Crippen LogP contribution >= 0.6 is 11.3 Å². The van der Waals surface area contributed by atoms with Crippen LogP contribution in [0.1, 0.15) is 43.0 Å². The van der Waals surface area contributed by atoms with Crippen LogP contribution < -0.4 is 5.32 Å². The SMILES string of the molecule is CCCNCc1csc(C2CCCO2)n1. The average molecular weight is 226 g/mol. The monoisotopic (exact) mass is 226 g/mol. The molecule has 1 fully saturated rings. The molecule has 1 aliphatic heterocycles. The van der Waals surface area contributed by atoms with E-state index in [1.807, 2.05) is 0 Å². The Hall–Kier alpha value is -0.450. The predicted octanol–water partition coefficient (Wildman–Crippen LogP) is 2.49. The van der Waals surface area contributed by atoms with Crippen LogP contribution in [0.5, 0.6) is 0 Å². The van der Waals surface area contributed by atoms with Crippen LogP contribution in [0.4, 0.5) is 0 Å². The number of ether oxygens (including phenoxy) is 1. The number of thiazole rings is 1. The lowest BCUT2D eigenvalue weighted by Gasteiger charge is -2.03. The Labute approximate surface area is 94.9 Å². The molecule has 1 aromatic rings. The Morgan fingerprint density at radius 3 is 3.33 bits per heavy atom. The van der Waals surface area contributed by atoms with E-state index < -0.39 is 0 Å². The maximum atomic E-state index is 5.61. The van der Waals surface area contributed by atoms with Crippen LogP contribution in [0.25, 0.3) is 0 Å². The number of aromatic nitrogens is 1. The van der Waals surface area contributed by atoms with Gasteiger partial charge >= 0.3 is 0 Å². The Bertz CT molecular complexity index is 295. The Balaban J connectivity index is 1.86. The Morgan fingerprint density at radius 1 is 1.67 bits per heavy atom. The summed E-state index contributed by atoms with van der Waals surface area (Å²) >= 11 is 1.73. The maximum Gasteiger partial charge on any atom is 0.122 e. The van der Waals surface area contributed by atoms with Crippen molar-refractivity contribution in [2.45, 2.75) is 38.8 Å². The zero-order valence-corrected chi connectivity index (χ0v) is 9.98. The molecule has 2 rings (SSSR count). The largest absolute Gasteiger partial charge is 0.371 e. The zero-order valence-electron chi connectivity index (χ0n) is 9.16. The fraction of sp³-hybridized carbons (Fsp3) is 0.727. The van der Waals surface area contributed by atoms with Gasteiger partial charge in [0.25, 0.3) is 0 Å². The molecule has 0 aliphatic carbocycles. The zero-order chi connectivity index (χ0) is 10.5. The average Bonchev–Trinajstić information content (AvgIpc) is 2.87. The van der Waals surface area contributed by atoms with Gasteiger partial charge in [0.1, 0.15) is 11.1 Å². The standard InChI is InChI=1S/C11H18N2OS/c1-2-5-12-7-9-8-15-11(13-9)10-4-3-6-14-10/h8,10,12H,2-7H2,1H3. The van der Waals surface area contributed by atoms with Crippen molar-refractivity contribution in [2.75, 3.05) is 13.2 Å². The molecule has 0 amide bonds. The van der Waals surface area contributed by atoms with Gasteiger partial charge in [-0.2, -0.15) is 0 Å². The summed E-state index contributed by atoms with van der Waals surface area (Å²) in [7, 11) is 0. The molecule has 1 aliphatic rings. The molecule has 0 aromatic carbocycles. The second-order valence-electron chi connectivity index (χ2n) is 3.86. The van der Waals surface area contributed by atoms with Crippen LogP contribution in [0.3, 0.4) is 0 Å². The number of rotatable bonds is 5. The van der Waals surface area contributed by atoms with Crippen molar-refractivity contribution >= 4 is 11.3 Å². The summed E-state index contributed by atoms with van der Waals surface area (Å²) in [5, 5.41) is 6.65. The normalized spacial score (nSPS) is 21.0. The van der Waals surface area contributed by atoms with E-state index in [0.717, 1.165) is 36.8 Å². The van der Waals surface area contributed by atoms with Gasteiger partial charge in [-0.05, 0) is 25.8 Å². The van der Waals surface area contributed by atoms with Gasteiger partial charge in [0.05, 0.1) is 5.69 Å². The summed E-state index contributed by atoms with van der Waals surface area (Å²) in [6.45, 7) is 5.02. The molecule has 3 nitrogen and oxygen atoms in total. The maximum absolute atomic E-state index is 5.61. The van der Waals surface area contributed by atoms with Crippen LogP contribution in [0.2, 0.25) is 0 Å². The summed E-state index contributed by atoms with van der Waals surface area (Å²) in [4.78, 5) is 4.60. The predicted molar refractivity (Wildman–Crippen MR) is 62.0 cm³/mol. The minimum Gasteiger partial charge on any atom is -0.371 e. The highest BCUT2D eigenvalue weighted by Crippen LogP contribution is 2.30. The van der Waals surface area contributed by atoms with Crippen molar-refractivity contribution in [1.29, 1.82) is 0 Å².